The van der Waals surface area contributed by atoms with E-state index in [1.165, 1.54) is 0 Å². The van der Waals surface area contributed by atoms with E-state index in [0.29, 0.717) is 11.5 Å². The van der Waals surface area contributed by atoms with Crippen molar-refractivity contribution in [3.05, 3.63) is 82.9 Å². The van der Waals surface area contributed by atoms with Gasteiger partial charge in [-0.1, -0.05) is 12.1 Å². The molecular weight excluding hydrogens is 504 g/mol. The molecule has 12 heteroatoms. The van der Waals surface area contributed by atoms with Crippen LogP contribution < -0.4 is 18.9 Å². The first-order valence-corrected chi connectivity index (χ1v) is 11.0. The Kier molecular flexibility index (Phi) is 9.08. The van der Waals surface area contributed by atoms with Gasteiger partial charge in [-0.15, -0.1) is 0 Å². The number of para-hydroxylation sites is 2. The quantitative estimate of drug-likeness (QED) is 0.225. The molecule has 4 N–H and O–H groups in total. The molecule has 3 aromatic carbocycles. The van der Waals surface area contributed by atoms with Gasteiger partial charge in [0.15, 0.2) is 11.5 Å². The molecule has 0 fully saturated rings. The number of carboxylic acids is 4. The molecule has 0 unspecified atom stereocenters. The third kappa shape index (κ3) is 7.13. The van der Waals surface area contributed by atoms with E-state index < -0.39 is 23.9 Å². The maximum absolute atomic E-state index is 11.4. The molecule has 0 saturated heterocycles. The summed E-state index contributed by atoms with van der Waals surface area (Å²) >= 11 is 0. The number of carboxylic acid groups (broad SMARTS) is 4. The Hall–Kier alpha value is -5.26. The molecule has 198 valence electrons. The maximum Gasteiger partial charge on any atom is 0.339 e. The Bertz CT molecular complexity index is 1250. The van der Waals surface area contributed by atoms with Crippen LogP contribution in [0.5, 0.6) is 23.0 Å². The zero-order valence-corrected chi connectivity index (χ0v) is 19.7. The third-order valence-corrected chi connectivity index (χ3v) is 4.96. The molecule has 0 spiro atoms. The lowest BCUT2D eigenvalue weighted by atomic mass is 10.1. The highest BCUT2D eigenvalue weighted by atomic mass is 16.6. The van der Waals surface area contributed by atoms with Crippen LogP contribution in [-0.2, 0) is 0 Å². The van der Waals surface area contributed by atoms with Gasteiger partial charge >= 0.3 is 23.9 Å². The Morgan fingerprint density at radius 2 is 0.816 bits per heavy atom. The van der Waals surface area contributed by atoms with E-state index in [1.54, 1.807) is 24.3 Å². The highest BCUT2D eigenvalue weighted by molar-refractivity contribution is 5.95. The van der Waals surface area contributed by atoms with Gasteiger partial charge in [-0.25, -0.2) is 19.2 Å². The lowest BCUT2D eigenvalue weighted by molar-refractivity contribution is 0.0675. The van der Waals surface area contributed by atoms with Crippen LogP contribution in [0.1, 0.15) is 41.4 Å². The molecule has 0 radical (unpaired) electrons. The molecular formula is C26H22O12. The van der Waals surface area contributed by atoms with Crippen molar-refractivity contribution in [2.24, 2.45) is 0 Å². The number of carbonyl (C=O) groups is 4. The van der Waals surface area contributed by atoms with Crippen molar-refractivity contribution in [1.29, 1.82) is 0 Å². The molecule has 12 nitrogen and oxygen atoms in total. The second kappa shape index (κ2) is 12.6. The number of benzene rings is 3. The van der Waals surface area contributed by atoms with Crippen molar-refractivity contribution < 1.29 is 58.6 Å². The SMILES string of the molecule is O=C(O)c1ccc(C(=O)O)c(OCCOc2ccccc2OCCOc2cc(C(=O)O)ccc2C(=O)O)c1. The van der Waals surface area contributed by atoms with Crippen molar-refractivity contribution >= 4 is 23.9 Å². The summed E-state index contributed by atoms with van der Waals surface area (Å²) < 4.78 is 22.2. The summed E-state index contributed by atoms with van der Waals surface area (Å²) in [5.41, 5.74) is -0.647. The average Bonchev–Trinajstić information content (AvgIpc) is 2.89. The van der Waals surface area contributed by atoms with Gasteiger partial charge in [-0.05, 0) is 48.5 Å². The smallest absolute Gasteiger partial charge is 0.339 e. The van der Waals surface area contributed by atoms with Crippen molar-refractivity contribution in [3.63, 3.8) is 0 Å². The number of hydrogen-bond donors (Lipinski definition) is 4. The summed E-state index contributed by atoms with van der Waals surface area (Å²) in [5, 5.41) is 36.8. The summed E-state index contributed by atoms with van der Waals surface area (Å²) in [6, 6.07) is 13.5. The number of aromatic carboxylic acids is 4. The first kappa shape index (κ1) is 27.3. The summed E-state index contributed by atoms with van der Waals surface area (Å²) in [4.78, 5) is 45.1. The van der Waals surface area contributed by atoms with Crippen LogP contribution in [0.2, 0.25) is 0 Å². The minimum atomic E-state index is -1.27. The van der Waals surface area contributed by atoms with Crippen molar-refractivity contribution in [1.82, 2.24) is 0 Å². The summed E-state index contributed by atoms with van der Waals surface area (Å²) in [6.45, 7) is -0.258. The summed E-state index contributed by atoms with van der Waals surface area (Å²) in [7, 11) is 0. The van der Waals surface area contributed by atoms with Gasteiger partial charge in [0.1, 0.15) is 49.1 Å². The van der Waals surface area contributed by atoms with Gasteiger partial charge < -0.3 is 39.4 Å². The van der Waals surface area contributed by atoms with Gasteiger partial charge in [0.05, 0.1) is 11.1 Å². The maximum atomic E-state index is 11.4. The van der Waals surface area contributed by atoms with Gasteiger partial charge in [-0.3, -0.25) is 0 Å². The number of hydrogen-bond acceptors (Lipinski definition) is 8. The van der Waals surface area contributed by atoms with E-state index in [1.807, 2.05) is 0 Å². The van der Waals surface area contributed by atoms with E-state index in [9.17, 15) is 29.4 Å². The summed E-state index contributed by atoms with van der Waals surface area (Å²) in [5.74, 6) is -4.58. The second-order valence-corrected chi connectivity index (χ2v) is 7.48. The van der Waals surface area contributed by atoms with Crippen LogP contribution in [0.15, 0.2) is 60.7 Å². The fourth-order valence-electron chi connectivity index (χ4n) is 3.20. The van der Waals surface area contributed by atoms with Crippen LogP contribution >= 0.6 is 0 Å². The average molecular weight is 526 g/mol. The van der Waals surface area contributed by atoms with Gasteiger partial charge in [0.25, 0.3) is 0 Å². The standard InChI is InChI=1S/C26H22O12/c27-23(28)15-5-7-17(25(31)32)21(13-15)37-11-9-35-19-3-1-2-4-20(19)36-10-12-38-22-14-16(24(29)30)6-8-18(22)26(33)34/h1-8,13-14H,9-12H2,(H,27,28)(H,29,30)(H,31,32)(H,33,34). The minimum absolute atomic E-state index is 0.0306. The monoisotopic (exact) mass is 526 g/mol. The molecule has 0 aliphatic carbocycles. The molecule has 0 saturated carbocycles. The molecule has 0 heterocycles. The van der Waals surface area contributed by atoms with Crippen LogP contribution in [-0.4, -0.2) is 70.7 Å². The predicted octanol–water partition coefficient (Wildman–Crippen LogP) is 3.40. The Morgan fingerprint density at radius 3 is 1.13 bits per heavy atom. The molecule has 0 aromatic heterocycles. The fourth-order valence-corrected chi connectivity index (χ4v) is 3.20. The van der Waals surface area contributed by atoms with Crippen molar-refractivity contribution in [2.75, 3.05) is 26.4 Å². The van der Waals surface area contributed by atoms with Crippen LogP contribution in [0, 0.1) is 0 Å². The largest absolute Gasteiger partial charge is 0.489 e. The molecule has 0 atom stereocenters. The third-order valence-electron chi connectivity index (χ3n) is 4.96. The zero-order chi connectivity index (χ0) is 27.7. The Balaban J connectivity index is 1.56. The number of ether oxygens (including phenoxy) is 4. The first-order chi connectivity index (χ1) is 18.2. The number of rotatable bonds is 14. The van der Waals surface area contributed by atoms with Gasteiger partial charge in [-0.2, -0.15) is 0 Å². The van der Waals surface area contributed by atoms with E-state index in [-0.39, 0.29) is 60.2 Å². The van der Waals surface area contributed by atoms with E-state index in [4.69, 9.17) is 29.2 Å². The van der Waals surface area contributed by atoms with Crippen LogP contribution in [0.25, 0.3) is 0 Å². The Morgan fingerprint density at radius 1 is 0.474 bits per heavy atom. The molecule has 3 aromatic rings. The van der Waals surface area contributed by atoms with Gasteiger partial charge in [0.2, 0.25) is 0 Å². The highest BCUT2D eigenvalue weighted by Crippen LogP contribution is 2.27. The van der Waals surface area contributed by atoms with Gasteiger partial charge in [0, 0.05) is 0 Å². The molecule has 38 heavy (non-hydrogen) atoms. The van der Waals surface area contributed by atoms with Crippen molar-refractivity contribution in [2.45, 2.75) is 0 Å². The summed E-state index contributed by atoms with van der Waals surface area (Å²) in [6.07, 6.45) is 0. The Labute approximate surface area is 215 Å². The van der Waals surface area contributed by atoms with E-state index >= 15 is 0 Å². The van der Waals surface area contributed by atoms with Crippen molar-refractivity contribution in [3.8, 4) is 23.0 Å². The predicted molar refractivity (Wildman–Crippen MR) is 129 cm³/mol. The van der Waals surface area contributed by atoms with Crippen LogP contribution in [0.4, 0.5) is 0 Å². The normalized spacial score (nSPS) is 10.3. The highest BCUT2D eigenvalue weighted by Gasteiger charge is 2.16. The molecule has 0 amide bonds. The lowest BCUT2D eigenvalue weighted by Crippen LogP contribution is -2.14. The topological polar surface area (TPSA) is 186 Å². The molecule has 0 aliphatic rings. The molecule has 0 bridgehead atoms. The minimum Gasteiger partial charge on any atom is -0.489 e. The molecule has 0 aliphatic heterocycles. The lowest BCUT2D eigenvalue weighted by Gasteiger charge is -2.15. The first-order valence-electron chi connectivity index (χ1n) is 11.0. The van der Waals surface area contributed by atoms with Crippen LogP contribution in [0.3, 0.4) is 0 Å². The second-order valence-electron chi connectivity index (χ2n) is 7.48. The van der Waals surface area contributed by atoms with E-state index in [2.05, 4.69) is 0 Å². The zero-order valence-electron chi connectivity index (χ0n) is 19.7. The fraction of sp³-hybridized carbons (Fsp3) is 0.154. The molecule has 3 rings (SSSR count). The van der Waals surface area contributed by atoms with E-state index in [0.717, 1.165) is 36.4 Å².